The van der Waals surface area contributed by atoms with E-state index in [9.17, 15) is 8.42 Å². The van der Waals surface area contributed by atoms with Crippen LogP contribution in [0.1, 0.15) is 0 Å². The van der Waals surface area contributed by atoms with Crippen molar-refractivity contribution in [2.24, 2.45) is 0 Å². The summed E-state index contributed by atoms with van der Waals surface area (Å²) in [7, 11) is -3.42. The molecule has 2 aromatic rings. The van der Waals surface area contributed by atoms with E-state index in [1.165, 1.54) is 4.68 Å². The number of halogens is 1. The van der Waals surface area contributed by atoms with E-state index in [0.717, 1.165) is 0 Å². The SMILES string of the molecule is O=S(=O)(CI)c1nnnn1-c1ccccc1. The van der Waals surface area contributed by atoms with Crippen LogP contribution in [-0.2, 0) is 9.84 Å². The number of tetrazole rings is 1. The molecule has 0 aliphatic rings. The van der Waals surface area contributed by atoms with Gasteiger partial charge in [0.25, 0.3) is 5.16 Å². The fourth-order valence-corrected chi connectivity index (χ4v) is 2.65. The highest BCUT2D eigenvalue weighted by molar-refractivity contribution is 14.1. The van der Waals surface area contributed by atoms with Crippen LogP contribution in [0.15, 0.2) is 35.5 Å². The van der Waals surface area contributed by atoms with Crippen molar-refractivity contribution in [2.75, 3.05) is 3.76 Å². The number of rotatable bonds is 3. The van der Waals surface area contributed by atoms with Gasteiger partial charge in [-0.3, -0.25) is 0 Å². The van der Waals surface area contributed by atoms with Crippen molar-refractivity contribution < 1.29 is 8.42 Å². The molecule has 0 radical (unpaired) electrons. The van der Waals surface area contributed by atoms with Crippen molar-refractivity contribution in [3.05, 3.63) is 30.3 Å². The molecule has 0 spiro atoms. The van der Waals surface area contributed by atoms with E-state index in [1.54, 1.807) is 46.9 Å². The van der Waals surface area contributed by atoms with Gasteiger partial charge in [-0.05, 0) is 22.6 Å². The van der Waals surface area contributed by atoms with Gasteiger partial charge in [0.1, 0.15) is 3.76 Å². The van der Waals surface area contributed by atoms with Crippen molar-refractivity contribution in [1.82, 2.24) is 20.2 Å². The fraction of sp³-hybridized carbons (Fsp3) is 0.125. The molecule has 0 fully saturated rings. The number of alkyl halides is 1. The molecule has 0 aliphatic heterocycles. The standard InChI is InChI=1S/C8H7IN4O2S/c9-6-16(14,15)8-10-11-12-13(8)7-4-2-1-3-5-7/h1-5H,6H2. The van der Waals surface area contributed by atoms with Crippen LogP contribution < -0.4 is 0 Å². The first-order valence-electron chi connectivity index (χ1n) is 4.27. The number of benzene rings is 1. The van der Waals surface area contributed by atoms with Gasteiger partial charge in [-0.25, -0.2) is 8.42 Å². The van der Waals surface area contributed by atoms with Gasteiger partial charge in [0.15, 0.2) is 0 Å². The van der Waals surface area contributed by atoms with Gasteiger partial charge in [-0.15, -0.1) is 0 Å². The lowest BCUT2D eigenvalue weighted by molar-refractivity contribution is 0.586. The van der Waals surface area contributed by atoms with E-state index in [1.807, 2.05) is 6.07 Å². The normalized spacial score (nSPS) is 11.6. The molecule has 84 valence electrons. The van der Waals surface area contributed by atoms with Crippen LogP contribution in [0.5, 0.6) is 0 Å². The highest BCUT2D eigenvalue weighted by Crippen LogP contribution is 2.13. The van der Waals surface area contributed by atoms with Crippen molar-refractivity contribution in [1.29, 1.82) is 0 Å². The summed E-state index contributed by atoms with van der Waals surface area (Å²) in [6.07, 6.45) is 0. The molecule has 0 saturated carbocycles. The van der Waals surface area contributed by atoms with Gasteiger partial charge in [0, 0.05) is 0 Å². The van der Waals surface area contributed by atoms with Gasteiger partial charge >= 0.3 is 0 Å². The summed E-state index contributed by atoms with van der Waals surface area (Å²) in [4.78, 5) is 0. The minimum atomic E-state index is -3.42. The summed E-state index contributed by atoms with van der Waals surface area (Å²) in [5.74, 6) is 0. The van der Waals surface area contributed by atoms with Crippen molar-refractivity contribution in [3.63, 3.8) is 0 Å². The molecule has 2 rings (SSSR count). The van der Waals surface area contributed by atoms with Crippen LogP contribution in [-0.4, -0.2) is 32.4 Å². The number of aromatic nitrogens is 4. The quantitative estimate of drug-likeness (QED) is 0.605. The summed E-state index contributed by atoms with van der Waals surface area (Å²) in [5, 5.41) is 10.5. The Balaban J connectivity index is 2.58. The van der Waals surface area contributed by atoms with Crippen molar-refractivity contribution in [2.45, 2.75) is 5.16 Å². The molecule has 0 atom stereocenters. The third-order valence-corrected chi connectivity index (χ3v) is 5.42. The lowest BCUT2D eigenvalue weighted by Crippen LogP contribution is -2.11. The van der Waals surface area contributed by atoms with Gasteiger partial charge in [0.2, 0.25) is 9.84 Å². The second-order valence-electron chi connectivity index (χ2n) is 2.93. The van der Waals surface area contributed by atoms with E-state index < -0.39 is 9.84 Å². The Bertz CT molecular complexity index is 581. The first kappa shape index (κ1) is 11.5. The average Bonchev–Trinajstić information content (AvgIpc) is 2.80. The lowest BCUT2D eigenvalue weighted by atomic mass is 10.3. The van der Waals surface area contributed by atoms with E-state index >= 15 is 0 Å². The summed E-state index contributed by atoms with van der Waals surface area (Å²) in [6.45, 7) is 0. The van der Waals surface area contributed by atoms with Gasteiger partial charge in [-0.1, -0.05) is 45.9 Å². The van der Waals surface area contributed by atoms with Crippen LogP contribution in [0.3, 0.4) is 0 Å². The monoisotopic (exact) mass is 350 g/mol. The minimum absolute atomic E-state index is 0.0576. The highest BCUT2D eigenvalue weighted by atomic mass is 127. The second kappa shape index (κ2) is 4.45. The molecule has 16 heavy (non-hydrogen) atoms. The van der Waals surface area contributed by atoms with Crippen LogP contribution in [0.4, 0.5) is 0 Å². The highest BCUT2D eigenvalue weighted by Gasteiger charge is 2.22. The minimum Gasteiger partial charge on any atom is -0.220 e. The smallest absolute Gasteiger partial charge is 0.220 e. The third-order valence-electron chi connectivity index (χ3n) is 1.86. The van der Waals surface area contributed by atoms with E-state index in [-0.39, 0.29) is 8.92 Å². The van der Waals surface area contributed by atoms with E-state index in [2.05, 4.69) is 15.5 Å². The molecule has 8 heteroatoms. The zero-order chi connectivity index (χ0) is 11.6. The Hall–Kier alpha value is -1.03. The summed E-state index contributed by atoms with van der Waals surface area (Å²) in [5.41, 5.74) is 0.621. The molecule has 1 aromatic heterocycles. The van der Waals surface area contributed by atoms with E-state index in [4.69, 9.17) is 0 Å². The van der Waals surface area contributed by atoms with Gasteiger partial charge in [0.05, 0.1) is 5.69 Å². The second-order valence-corrected chi connectivity index (χ2v) is 6.61. The number of sulfone groups is 1. The summed E-state index contributed by atoms with van der Waals surface area (Å²) < 4.78 is 24.5. The van der Waals surface area contributed by atoms with Crippen molar-refractivity contribution in [3.8, 4) is 5.69 Å². The molecule has 0 unspecified atom stereocenters. The first-order valence-corrected chi connectivity index (χ1v) is 7.45. The third kappa shape index (κ3) is 2.07. The zero-order valence-electron chi connectivity index (χ0n) is 7.99. The molecule has 1 heterocycles. The summed E-state index contributed by atoms with van der Waals surface area (Å²) >= 11 is 1.77. The Kier molecular flexibility index (Phi) is 3.19. The maximum Gasteiger partial charge on any atom is 0.273 e. The Labute approximate surface area is 106 Å². The molecule has 0 saturated heterocycles. The maximum absolute atomic E-state index is 11.7. The van der Waals surface area contributed by atoms with E-state index in [0.29, 0.717) is 5.69 Å². The zero-order valence-corrected chi connectivity index (χ0v) is 11.0. The maximum atomic E-state index is 11.7. The van der Waals surface area contributed by atoms with Crippen LogP contribution in [0.25, 0.3) is 5.69 Å². The first-order chi connectivity index (χ1) is 7.65. The molecule has 1 aromatic carbocycles. The van der Waals surface area contributed by atoms with Crippen molar-refractivity contribution >= 4 is 32.4 Å². The molecule has 0 amide bonds. The Morgan fingerprint density at radius 2 is 1.94 bits per heavy atom. The number of nitrogens with zero attached hydrogens (tertiary/aromatic N) is 4. The lowest BCUT2D eigenvalue weighted by Gasteiger charge is -2.02. The molecular formula is C8H7IN4O2S. The van der Waals surface area contributed by atoms with Gasteiger partial charge in [-0.2, -0.15) is 4.68 Å². The predicted molar refractivity (Wildman–Crippen MR) is 65.2 cm³/mol. The molecule has 0 aliphatic carbocycles. The topological polar surface area (TPSA) is 77.7 Å². The van der Waals surface area contributed by atoms with Crippen LogP contribution >= 0.6 is 22.6 Å². The molecule has 0 N–H and O–H groups in total. The predicted octanol–water partition coefficient (Wildman–Crippen LogP) is 0.829. The largest absolute Gasteiger partial charge is 0.273 e. The molecule has 6 nitrogen and oxygen atoms in total. The molecule has 0 bridgehead atoms. The van der Waals surface area contributed by atoms with Crippen LogP contribution in [0, 0.1) is 0 Å². The summed E-state index contributed by atoms with van der Waals surface area (Å²) in [6, 6.07) is 8.89. The fourth-order valence-electron chi connectivity index (χ4n) is 1.15. The number of para-hydroxylation sites is 1. The average molecular weight is 350 g/mol. The van der Waals surface area contributed by atoms with Crippen LogP contribution in [0.2, 0.25) is 0 Å². The Morgan fingerprint density at radius 3 is 2.56 bits per heavy atom. The number of hydrogen-bond acceptors (Lipinski definition) is 5. The number of hydrogen-bond donors (Lipinski definition) is 0. The Morgan fingerprint density at radius 1 is 1.25 bits per heavy atom. The van der Waals surface area contributed by atoms with Gasteiger partial charge < -0.3 is 0 Å². The molecular weight excluding hydrogens is 343 g/mol.